The fraction of sp³-hybridized carbons (Fsp3) is 0.143. The Morgan fingerprint density at radius 1 is 1.21 bits per heavy atom. The predicted octanol–water partition coefficient (Wildman–Crippen LogP) is 5.25. The van der Waals surface area contributed by atoms with Crippen LogP contribution in [0.15, 0.2) is 54.6 Å². The Bertz CT molecular complexity index is 919. The Morgan fingerprint density at radius 2 is 1.93 bits per heavy atom. The quantitative estimate of drug-likeness (QED) is 0.536. The van der Waals surface area contributed by atoms with Crippen molar-refractivity contribution < 1.29 is 19.4 Å². The molecule has 3 aromatic rings. The number of anilines is 1. The van der Waals surface area contributed by atoms with Gasteiger partial charge in [-0.1, -0.05) is 29.8 Å². The normalized spacial score (nSPS) is 9.82. The molecule has 2 aromatic carbocycles. The molecule has 0 amide bonds. The first-order valence-corrected chi connectivity index (χ1v) is 9.53. The average molecular weight is 418 g/mol. The van der Waals surface area contributed by atoms with E-state index in [9.17, 15) is 9.59 Å². The van der Waals surface area contributed by atoms with Crippen molar-refractivity contribution >= 4 is 40.9 Å². The molecule has 1 heterocycles. The van der Waals surface area contributed by atoms with Crippen molar-refractivity contribution in [3.05, 3.63) is 70.1 Å². The first-order chi connectivity index (χ1) is 13.5. The van der Waals surface area contributed by atoms with Crippen molar-refractivity contribution in [1.82, 2.24) is 0 Å². The molecule has 0 atom stereocenters. The second-order valence-corrected chi connectivity index (χ2v) is 7.20. The van der Waals surface area contributed by atoms with E-state index in [0.29, 0.717) is 15.5 Å². The monoisotopic (exact) mass is 417 g/mol. The van der Waals surface area contributed by atoms with Crippen LogP contribution in [0.1, 0.15) is 15.2 Å². The standard InChI is InChI=1S/C13H9ClO3S.C8H11NO/c14-10-3-1-8(2-4-10)13-9(6-12(16)17)5-11(7-15)18-13;1-9-7-4-3-5-8(6-7)10-2/h1-5,7H,6H2,(H,16,17);3-6,9H,1-2H3. The van der Waals surface area contributed by atoms with E-state index in [1.807, 2.05) is 43.4 Å². The van der Waals surface area contributed by atoms with Crippen molar-refractivity contribution in [3.63, 3.8) is 0 Å². The summed E-state index contributed by atoms with van der Waals surface area (Å²) in [5.41, 5.74) is 2.59. The van der Waals surface area contributed by atoms with Gasteiger partial charge in [0.2, 0.25) is 0 Å². The van der Waals surface area contributed by atoms with E-state index in [1.54, 1.807) is 25.3 Å². The molecule has 28 heavy (non-hydrogen) atoms. The molecule has 5 nitrogen and oxygen atoms in total. The fourth-order valence-corrected chi connectivity index (χ4v) is 3.55. The molecule has 0 fully saturated rings. The zero-order valence-electron chi connectivity index (χ0n) is 15.4. The molecule has 0 aliphatic carbocycles. The summed E-state index contributed by atoms with van der Waals surface area (Å²) in [6, 6.07) is 16.5. The van der Waals surface area contributed by atoms with Crippen molar-refractivity contribution in [2.45, 2.75) is 6.42 Å². The number of ether oxygens (including phenoxy) is 1. The molecule has 2 N–H and O–H groups in total. The third kappa shape index (κ3) is 6.11. The lowest BCUT2D eigenvalue weighted by atomic mass is 10.1. The number of rotatable bonds is 6. The number of benzene rings is 2. The second kappa shape index (κ2) is 10.5. The maximum absolute atomic E-state index is 10.8. The number of methoxy groups -OCH3 is 1. The third-order valence-corrected chi connectivity index (χ3v) is 5.15. The van der Waals surface area contributed by atoms with Crippen molar-refractivity contribution in [2.75, 3.05) is 19.5 Å². The van der Waals surface area contributed by atoms with Crippen molar-refractivity contribution in [2.24, 2.45) is 0 Å². The highest BCUT2D eigenvalue weighted by atomic mass is 35.5. The minimum Gasteiger partial charge on any atom is -0.497 e. The topological polar surface area (TPSA) is 75.6 Å². The lowest BCUT2D eigenvalue weighted by molar-refractivity contribution is -0.136. The van der Waals surface area contributed by atoms with E-state index < -0.39 is 5.97 Å². The van der Waals surface area contributed by atoms with Crippen LogP contribution >= 0.6 is 22.9 Å². The molecular weight excluding hydrogens is 398 g/mol. The van der Waals surface area contributed by atoms with E-state index >= 15 is 0 Å². The van der Waals surface area contributed by atoms with E-state index in [-0.39, 0.29) is 6.42 Å². The molecule has 0 saturated heterocycles. The maximum Gasteiger partial charge on any atom is 0.307 e. The van der Waals surface area contributed by atoms with Gasteiger partial charge in [-0.05, 0) is 41.5 Å². The van der Waals surface area contributed by atoms with Crippen LogP contribution in [0.5, 0.6) is 5.75 Å². The zero-order valence-corrected chi connectivity index (χ0v) is 17.0. The highest BCUT2D eigenvalue weighted by Crippen LogP contribution is 2.33. The number of carboxylic acid groups (broad SMARTS) is 1. The highest BCUT2D eigenvalue weighted by Gasteiger charge is 2.13. The van der Waals surface area contributed by atoms with Gasteiger partial charge in [-0.3, -0.25) is 9.59 Å². The molecule has 0 unspecified atom stereocenters. The third-order valence-electron chi connectivity index (χ3n) is 3.75. The molecule has 0 radical (unpaired) electrons. The Labute approximate surface area is 172 Å². The minimum atomic E-state index is -0.916. The molecular formula is C21H20ClNO4S. The van der Waals surface area contributed by atoms with Gasteiger partial charge < -0.3 is 15.2 Å². The first-order valence-electron chi connectivity index (χ1n) is 8.34. The van der Waals surface area contributed by atoms with Gasteiger partial charge in [0.15, 0.2) is 6.29 Å². The number of hydrogen-bond acceptors (Lipinski definition) is 5. The molecule has 3 rings (SSSR count). The van der Waals surface area contributed by atoms with Gasteiger partial charge in [0.25, 0.3) is 0 Å². The summed E-state index contributed by atoms with van der Waals surface area (Å²) in [4.78, 5) is 22.9. The molecule has 0 bridgehead atoms. The molecule has 0 saturated carbocycles. The van der Waals surface area contributed by atoms with Crippen LogP contribution in [-0.4, -0.2) is 31.5 Å². The van der Waals surface area contributed by atoms with Crippen molar-refractivity contribution in [3.8, 4) is 16.2 Å². The highest BCUT2D eigenvalue weighted by molar-refractivity contribution is 7.17. The van der Waals surface area contributed by atoms with Gasteiger partial charge in [0, 0.05) is 28.7 Å². The van der Waals surface area contributed by atoms with Crippen LogP contribution in [0.2, 0.25) is 5.02 Å². The maximum atomic E-state index is 10.8. The summed E-state index contributed by atoms with van der Waals surface area (Å²) < 4.78 is 5.02. The fourth-order valence-electron chi connectivity index (χ4n) is 2.43. The van der Waals surface area contributed by atoms with Gasteiger partial charge in [0.1, 0.15) is 5.75 Å². The molecule has 146 valence electrons. The van der Waals surface area contributed by atoms with Crippen LogP contribution < -0.4 is 10.1 Å². The van der Waals surface area contributed by atoms with Gasteiger partial charge in [-0.25, -0.2) is 0 Å². The Morgan fingerprint density at radius 3 is 2.50 bits per heavy atom. The Kier molecular flexibility index (Phi) is 8.04. The van der Waals surface area contributed by atoms with Crippen LogP contribution in [0.4, 0.5) is 5.69 Å². The van der Waals surface area contributed by atoms with Crippen LogP contribution in [-0.2, 0) is 11.2 Å². The van der Waals surface area contributed by atoms with Crippen LogP contribution in [0, 0.1) is 0 Å². The molecule has 0 aliphatic rings. The van der Waals surface area contributed by atoms with Crippen LogP contribution in [0.25, 0.3) is 10.4 Å². The van der Waals surface area contributed by atoms with E-state index in [0.717, 1.165) is 28.2 Å². The van der Waals surface area contributed by atoms with E-state index in [1.165, 1.54) is 11.3 Å². The number of carbonyl (C=O) groups is 2. The lowest BCUT2D eigenvalue weighted by Crippen LogP contribution is -1.99. The molecule has 0 aliphatic heterocycles. The summed E-state index contributed by atoms with van der Waals surface area (Å²) in [5.74, 6) is -0.0349. The predicted molar refractivity (Wildman–Crippen MR) is 114 cm³/mol. The number of hydrogen-bond donors (Lipinski definition) is 2. The average Bonchev–Trinajstić information content (AvgIpc) is 3.11. The number of nitrogens with one attached hydrogen (secondary N) is 1. The number of thiophene rings is 1. The summed E-state index contributed by atoms with van der Waals surface area (Å²) in [6.07, 6.45) is 0.637. The lowest BCUT2D eigenvalue weighted by Gasteiger charge is -2.01. The number of carboxylic acids is 1. The van der Waals surface area contributed by atoms with E-state index in [2.05, 4.69) is 5.32 Å². The van der Waals surface area contributed by atoms with Gasteiger partial charge in [-0.15, -0.1) is 11.3 Å². The summed E-state index contributed by atoms with van der Waals surface area (Å²) in [7, 11) is 3.55. The number of aliphatic carboxylic acids is 1. The largest absolute Gasteiger partial charge is 0.497 e. The first kappa shape index (κ1) is 21.5. The minimum absolute atomic E-state index is 0.0949. The molecule has 0 spiro atoms. The second-order valence-electron chi connectivity index (χ2n) is 5.68. The van der Waals surface area contributed by atoms with E-state index in [4.69, 9.17) is 21.4 Å². The van der Waals surface area contributed by atoms with Gasteiger partial charge in [0.05, 0.1) is 18.4 Å². The number of carbonyl (C=O) groups excluding carboxylic acids is 1. The zero-order chi connectivity index (χ0) is 20.5. The van der Waals surface area contributed by atoms with Gasteiger partial charge >= 0.3 is 5.97 Å². The summed E-state index contributed by atoms with van der Waals surface area (Å²) >= 11 is 7.09. The van der Waals surface area contributed by atoms with Crippen LogP contribution in [0.3, 0.4) is 0 Å². The molecule has 7 heteroatoms. The molecule has 1 aromatic heterocycles. The summed E-state index contributed by atoms with van der Waals surface area (Å²) in [6.45, 7) is 0. The summed E-state index contributed by atoms with van der Waals surface area (Å²) in [5, 5.41) is 12.5. The van der Waals surface area contributed by atoms with Gasteiger partial charge in [-0.2, -0.15) is 0 Å². The Balaban J connectivity index is 0.000000237. The Hall–Kier alpha value is -2.83. The smallest absolute Gasteiger partial charge is 0.307 e. The van der Waals surface area contributed by atoms with Crippen molar-refractivity contribution in [1.29, 1.82) is 0 Å². The number of aldehydes is 1. The number of halogens is 1. The SMILES string of the molecule is CNc1cccc(OC)c1.O=Cc1cc(CC(=O)O)c(-c2ccc(Cl)cc2)s1.